The van der Waals surface area contributed by atoms with Crippen molar-refractivity contribution in [1.82, 2.24) is 15.0 Å². The van der Waals surface area contributed by atoms with E-state index in [1.54, 1.807) is 38.5 Å². The van der Waals surface area contributed by atoms with Gasteiger partial charge in [-0.15, -0.1) is 11.3 Å². The number of thiazole rings is 1. The Kier molecular flexibility index (Phi) is 8.07. The molecule has 3 heterocycles. The molecular formula is C35H30ClN3O4S. The van der Waals surface area contributed by atoms with Gasteiger partial charge in [-0.2, -0.15) is 0 Å². The zero-order valence-electron chi connectivity index (χ0n) is 24.7. The third-order valence-corrected chi connectivity index (χ3v) is 8.62. The standard InChI is InChI=1S/C35H30ClN3O4S/c1-20-15-29-33(32(21-5-9-25(36)10-6-21)26(20)18-31(40)43-19-35(2,3)41)44-34(39-29)24-13-14-37-28(17-24)23-7-11-27-22(16-23)8-12-30(38-27)42-4/h5-17,41H,18-19H2,1-4H3. The van der Waals surface area contributed by atoms with E-state index in [4.69, 9.17) is 26.1 Å². The number of fused-ring (bicyclic) bond motifs is 2. The molecule has 0 aliphatic heterocycles. The molecule has 6 rings (SSSR count). The molecule has 0 saturated heterocycles. The van der Waals surface area contributed by atoms with Crippen molar-refractivity contribution in [2.24, 2.45) is 0 Å². The number of aromatic nitrogens is 3. The summed E-state index contributed by atoms with van der Waals surface area (Å²) in [6, 6.07) is 23.5. The Bertz CT molecular complexity index is 2020. The molecule has 0 aliphatic rings. The molecular weight excluding hydrogens is 594 g/mol. The number of aryl methyl sites for hydroxylation is 1. The van der Waals surface area contributed by atoms with Crippen LogP contribution in [0, 0.1) is 6.92 Å². The van der Waals surface area contributed by atoms with E-state index in [1.807, 2.05) is 73.7 Å². The van der Waals surface area contributed by atoms with Gasteiger partial charge in [0.05, 0.1) is 40.6 Å². The number of aliphatic hydroxyl groups is 1. The molecule has 0 spiro atoms. The van der Waals surface area contributed by atoms with Crippen molar-refractivity contribution >= 4 is 50.0 Å². The zero-order chi connectivity index (χ0) is 31.0. The Balaban J connectivity index is 1.42. The van der Waals surface area contributed by atoms with Crippen LogP contribution in [0.25, 0.3) is 54.1 Å². The predicted molar refractivity (Wildman–Crippen MR) is 176 cm³/mol. The fourth-order valence-corrected chi connectivity index (χ4v) is 6.32. The van der Waals surface area contributed by atoms with Crippen molar-refractivity contribution in [1.29, 1.82) is 0 Å². The van der Waals surface area contributed by atoms with Crippen LogP contribution in [0.1, 0.15) is 25.0 Å². The van der Waals surface area contributed by atoms with Crippen LogP contribution in [0.5, 0.6) is 5.88 Å². The average Bonchev–Trinajstić information content (AvgIpc) is 3.43. The second kappa shape index (κ2) is 12.0. The number of rotatable bonds is 8. The number of benzene rings is 3. The quantitative estimate of drug-likeness (QED) is 0.171. The average molecular weight is 624 g/mol. The van der Waals surface area contributed by atoms with Gasteiger partial charge < -0.3 is 14.6 Å². The molecule has 3 aromatic heterocycles. The summed E-state index contributed by atoms with van der Waals surface area (Å²) in [7, 11) is 1.61. The lowest BCUT2D eigenvalue weighted by atomic mass is 9.93. The number of carbonyl (C=O) groups excluding carboxylic acids is 1. The molecule has 7 nitrogen and oxygen atoms in total. The molecule has 3 aromatic carbocycles. The maximum absolute atomic E-state index is 12.9. The Hall–Kier alpha value is -4.37. The van der Waals surface area contributed by atoms with Crippen LogP contribution in [0.2, 0.25) is 5.02 Å². The molecule has 6 aromatic rings. The number of nitrogens with zero attached hydrogens (tertiary/aromatic N) is 3. The SMILES string of the molecule is COc1ccc2cc(-c3cc(-c4nc5cc(C)c(CC(=O)OCC(C)(C)O)c(-c6ccc(Cl)cc6)c5s4)ccn3)ccc2n1. The molecule has 0 atom stereocenters. The molecule has 0 aliphatic carbocycles. The van der Waals surface area contributed by atoms with Gasteiger partial charge in [-0.1, -0.05) is 29.8 Å². The Morgan fingerprint density at radius 1 is 0.932 bits per heavy atom. The second-order valence-corrected chi connectivity index (χ2v) is 12.7. The highest BCUT2D eigenvalue weighted by Crippen LogP contribution is 2.41. The molecule has 0 saturated carbocycles. The lowest BCUT2D eigenvalue weighted by Crippen LogP contribution is -2.28. The number of carbonyl (C=O) groups is 1. The molecule has 0 amide bonds. The van der Waals surface area contributed by atoms with Crippen LogP contribution in [-0.4, -0.2) is 45.3 Å². The predicted octanol–water partition coefficient (Wildman–Crippen LogP) is 8.07. The molecule has 222 valence electrons. The van der Waals surface area contributed by atoms with Gasteiger partial charge in [-0.25, -0.2) is 9.97 Å². The van der Waals surface area contributed by atoms with Gasteiger partial charge in [0.2, 0.25) is 5.88 Å². The van der Waals surface area contributed by atoms with E-state index in [-0.39, 0.29) is 13.0 Å². The van der Waals surface area contributed by atoms with E-state index in [2.05, 4.69) is 16.0 Å². The minimum absolute atomic E-state index is 0.0607. The monoisotopic (exact) mass is 623 g/mol. The minimum Gasteiger partial charge on any atom is -0.481 e. The molecule has 0 radical (unpaired) electrons. The summed E-state index contributed by atoms with van der Waals surface area (Å²) < 4.78 is 11.6. The summed E-state index contributed by atoms with van der Waals surface area (Å²) in [5.74, 6) is 0.168. The van der Waals surface area contributed by atoms with E-state index in [0.717, 1.165) is 65.2 Å². The highest BCUT2D eigenvalue weighted by atomic mass is 35.5. The van der Waals surface area contributed by atoms with Crippen molar-refractivity contribution in [3.05, 3.63) is 95.1 Å². The normalized spacial score (nSPS) is 11.7. The third kappa shape index (κ3) is 6.28. The summed E-state index contributed by atoms with van der Waals surface area (Å²) >= 11 is 7.80. The van der Waals surface area contributed by atoms with Crippen LogP contribution in [0.15, 0.2) is 79.0 Å². The first-order chi connectivity index (χ1) is 21.1. The number of hydrogen-bond acceptors (Lipinski definition) is 8. The summed E-state index contributed by atoms with van der Waals surface area (Å²) in [6.45, 7) is 5.11. The van der Waals surface area contributed by atoms with Gasteiger partial charge >= 0.3 is 5.97 Å². The van der Waals surface area contributed by atoms with Crippen LogP contribution in [0.4, 0.5) is 0 Å². The lowest BCUT2D eigenvalue weighted by Gasteiger charge is -2.18. The molecule has 44 heavy (non-hydrogen) atoms. The lowest BCUT2D eigenvalue weighted by molar-refractivity contribution is -0.149. The highest BCUT2D eigenvalue weighted by molar-refractivity contribution is 7.22. The molecule has 9 heteroatoms. The molecule has 0 bridgehead atoms. The van der Waals surface area contributed by atoms with E-state index in [0.29, 0.717) is 10.9 Å². The maximum Gasteiger partial charge on any atom is 0.310 e. The van der Waals surface area contributed by atoms with Gasteiger partial charge in [-0.05, 0) is 86.0 Å². The number of halogens is 1. The van der Waals surface area contributed by atoms with Gasteiger partial charge in [0, 0.05) is 39.4 Å². The number of esters is 1. The second-order valence-electron chi connectivity index (χ2n) is 11.3. The number of methoxy groups -OCH3 is 1. The Morgan fingerprint density at radius 2 is 1.70 bits per heavy atom. The smallest absolute Gasteiger partial charge is 0.310 e. The first kappa shape index (κ1) is 29.7. The summed E-state index contributed by atoms with van der Waals surface area (Å²) in [6.07, 6.45) is 1.85. The minimum atomic E-state index is -1.11. The number of hydrogen-bond donors (Lipinski definition) is 1. The first-order valence-corrected chi connectivity index (χ1v) is 15.3. The van der Waals surface area contributed by atoms with E-state index >= 15 is 0 Å². The molecule has 0 unspecified atom stereocenters. The first-order valence-electron chi connectivity index (χ1n) is 14.1. The largest absolute Gasteiger partial charge is 0.481 e. The molecule has 0 fully saturated rings. The van der Waals surface area contributed by atoms with Crippen molar-refractivity contribution in [2.75, 3.05) is 13.7 Å². The van der Waals surface area contributed by atoms with Crippen molar-refractivity contribution in [2.45, 2.75) is 32.8 Å². The summed E-state index contributed by atoms with van der Waals surface area (Å²) in [5, 5.41) is 12.5. The van der Waals surface area contributed by atoms with E-state index in [1.165, 1.54) is 0 Å². The maximum atomic E-state index is 12.9. The Labute approximate surface area is 264 Å². The Morgan fingerprint density at radius 3 is 2.45 bits per heavy atom. The van der Waals surface area contributed by atoms with Crippen LogP contribution < -0.4 is 4.74 Å². The fraction of sp³-hybridized carbons (Fsp3) is 0.200. The van der Waals surface area contributed by atoms with Crippen molar-refractivity contribution in [3.63, 3.8) is 0 Å². The van der Waals surface area contributed by atoms with Crippen LogP contribution in [0.3, 0.4) is 0 Å². The number of ether oxygens (including phenoxy) is 2. The van der Waals surface area contributed by atoms with Crippen LogP contribution in [-0.2, 0) is 16.0 Å². The highest BCUT2D eigenvalue weighted by Gasteiger charge is 2.22. The topological polar surface area (TPSA) is 94.4 Å². The van der Waals surface area contributed by atoms with Crippen LogP contribution >= 0.6 is 22.9 Å². The van der Waals surface area contributed by atoms with Gasteiger partial charge in [-0.3, -0.25) is 9.78 Å². The summed E-state index contributed by atoms with van der Waals surface area (Å²) in [5.41, 5.74) is 6.94. The fourth-order valence-electron chi connectivity index (χ4n) is 5.06. The van der Waals surface area contributed by atoms with Gasteiger partial charge in [0.1, 0.15) is 11.6 Å². The van der Waals surface area contributed by atoms with Crippen molar-refractivity contribution in [3.8, 4) is 38.8 Å². The summed E-state index contributed by atoms with van der Waals surface area (Å²) in [4.78, 5) is 27.1. The van der Waals surface area contributed by atoms with Gasteiger partial charge in [0.25, 0.3) is 0 Å². The zero-order valence-corrected chi connectivity index (χ0v) is 26.3. The van der Waals surface area contributed by atoms with E-state index in [9.17, 15) is 9.90 Å². The molecule has 1 N–H and O–H groups in total. The third-order valence-electron chi connectivity index (χ3n) is 7.23. The van der Waals surface area contributed by atoms with Crippen molar-refractivity contribution < 1.29 is 19.4 Å². The number of pyridine rings is 2. The van der Waals surface area contributed by atoms with E-state index < -0.39 is 11.6 Å². The van der Waals surface area contributed by atoms with Gasteiger partial charge in [0.15, 0.2) is 0 Å².